The van der Waals surface area contributed by atoms with Crippen molar-refractivity contribution < 1.29 is 14.0 Å². The summed E-state index contributed by atoms with van der Waals surface area (Å²) in [6.45, 7) is 7.29. The van der Waals surface area contributed by atoms with E-state index in [0.29, 0.717) is 11.9 Å². The molecule has 0 atom stereocenters. The lowest BCUT2D eigenvalue weighted by Gasteiger charge is -2.34. The van der Waals surface area contributed by atoms with Crippen molar-refractivity contribution in [3.8, 4) is 11.7 Å². The Kier molecular flexibility index (Phi) is 5.91. The van der Waals surface area contributed by atoms with Crippen molar-refractivity contribution in [2.24, 2.45) is 5.92 Å². The highest BCUT2D eigenvalue weighted by atomic mass is 16.5. The fourth-order valence-electron chi connectivity index (χ4n) is 4.84. The lowest BCUT2D eigenvalue weighted by molar-refractivity contribution is 0.0481. The minimum atomic E-state index is 0.314. The van der Waals surface area contributed by atoms with Crippen LogP contribution in [-0.2, 0) is 11.2 Å². The number of hydrogen-bond donors (Lipinski definition) is 0. The summed E-state index contributed by atoms with van der Waals surface area (Å²) in [5, 5.41) is 10.1. The van der Waals surface area contributed by atoms with Crippen LogP contribution in [-0.4, -0.2) is 64.8 Å². The number of fused-ring (bicyclic) bond motifs is 1. The van der Waals surface area contributed by atoms with Gasteiger partial charge in [0.1, 0.15) is 5.75 Å². The average Bonchev–Trinajstić information content (AvgIpc) is 3.44. The van der Waals surface area contributed by atoms with Gasteiger partial charge >= 0.3 is 0 Å². The first-order chi connectivity index (χ1) is 15.2. The van der Waals surface area contributed by atoms with E-state index in [9.17, 15) is 0 Å². The zero-order valence-electron chi connectivity index (χ0n) is 18.4. The fourth-order valence-corrected chi connectivity index (χ4v) is 4.84. The molecule has 0 unspecified atom stereocenters. The van der Waals surface area contributed by atoms with Crippen LogP contribution in [0.3, 0.4) is 0 Å². The molecule has 166 valence electrons. The van der Waals surface area contributed by atoms with Crippen molar-refractivity contribution in [2.45, 2.75) is 44.9 Å². The molecule has 0 saturated carbocycles. The zero-order chi connectivity index (χ0) is 21.2. The maximum Gasteiger partial charge on any atom is 0.291 e. The van der Waals surface area contributed by atoms with Crippen LogP contribution in [0.15, 0.2) is 22.7 Å². The number of likely N-dealkylation sites (tertiary alicyclic amines) is 1. The number of rotatable bonds is 6. The largest absolute Gasteiger partial charge is 0.497 e. The van der Waals surface area contributed by atoms with Gasteiger partial charge in [0.15, 0.2) is 0 Å². The molecule has 0 aliphatic carbocycles. The van der Waals surface area contributed by atoms with Gasteiger partial charge in [-0.2, -0.15) is 14.8 Å². The van der Waals surface area contributed by atoms with Crippen molar-refractivity contribution in [3.05, 3.63) is 29.8 Å². The molecule has 2 aliphatic heterocycles. The summed E-state index contributed by atoms with van der Waals surface area (Å²) in [5.74, 6) is 3.10. The third-order valence-corrected chi connectivity index (χ3v) is 6.71. The summed E-state index contributed by atoms with van der Waals surface area (Å²) in [5.41, 5.74) is 1.96. The highest BCUT2D eigenvalue weighted by molar-refractivity contribution is 5.84. The highest BCUT2D eigenvalue weighted by Crippen LogP contribution is 2.30. The number of nitrogens with zero attached hydrogens (tertiary/aromatic N) is 5. The SMILES string of the molecule is CCc1nn(-c2noc(C3CCN(CC4CCOCC4)CC3)n2)c2cc(OC)ccc12. The minimum absolute atomic E-state index is 0.314. The molecule has 2 saturated heterocycles. The second kappa shape index (κ2) is 8.96. The number of ether oxygens (including phenoxy) is 2. The second-order valence-corrected chi connectivity index (χ2v) is 8.66. The van der Waals surface area contributed by atoms with Crippen LogP contribution in [0.25, 0.3) is 16.9 Å². The van der Waals surface area contributed by atoms with E-state index in [1.165, 1.54) is 19.4 Å². The summed E-state index contributed by atoms with van der Waals surface area (Å²) in [7, 11) is 1.67. The molecule has 3 aromatic rings. The fraction of sp³-hybridized carbons (Fsp3) is 0.609. The molecule has 0 radical (unpaired) electrons. The molecule has 2 aliphatic rings. The summed E-state index contributed by atoms with van der Waals surface area (Å²) < 4.78 is 18.4. The average molecular weight is 426 g/mol. The molecule has 8 heteroatoms. The van der Waals surface area contributed by atoms with Gasteiger partial charge in [-0.15, -0.1) is 0 Å². The lowest BCUT2D eigenvalue weighted by Crippen LogP contribution is -2.38. The highest BCUT2D eigenvalue weighted by Gasteiger charge is 2.28. The molecular weight excluding hydrogens is 394 g/mol. The molecule has 0 bridgehead atoms. The maximum absolute atomic E-state index is 5.70. The van der Waals surface area contributed by atoms with Crippen molar-refractivity contribution in [1.29, 1.82) is 0 Å². The Hall–Kier alpha value is -2.45. The van der Waals surface area contributed by atoms with E-state index in [1.54, 1.807) is 11.8 Å². The first-order valence-corrected chi connectivity index (χ1v) is 11.4. The van der Waals surface area contributed by atoms with Gasteiger partial charge in [-0.05, 0) is 68.4 Å². The van der Waals surface area contributed by atoms with Crippen molar-refractivity contribution in [1.82, 2.24) is 24.8 Å². The molecular formula is C23H31N5O3. The van der Waals surface area contributed by atoms with Crippen LogP contribution in [0.5, 0.6) is 5.75 Å². The van der Waals surface area contributed by atoms with Gasteiger partial charge in [-0.1, -0.05) is 6.92 Å². The smallest absolute Gasteiger partial charge is 0.291 e. The number of aromatic nitrogens is 4. The number of methoxy groups -OCH3 is 1. The maximum atomic E-state index is 5.70. The van der Waals surface area contributed by atoms with Crippen LogP contribution in [0, 0.1) is 5.92 Å². The van der Waals surface area contributed by atoms with Crippen LogP contribution >= 0.6 is 0 Å². The first-order valence-electron chi connectivity index (χ1n) is 11.4. The molecule has 0 spiro atoms. The predicted molar refractivity (Wildman–Crippen MR) is 117 cm³/mol. The topological polar surface area (TPSA) is 78.4 Å². The van der Waals surface area contributed by atoms with E-state index < -0.39 is 0 Å². The Labute approximate surface area is 182 Å². The van der Waals surface area contributed by atoms with Crippen LogP contribution in [0.4, 0.5) is 0 Å². The van der Waals surface area contributed by atoms with Gasteiger partial charge < -0.3 is 18.9 Å². The Bertz CT molecular complexity index is 1020. The van der Waals surface area contributed by atoms with Gasteiger partial charge in [-0.3, -0.25) is 0 Å². The second-order valence-electron chi connectivity index (χ2n) is 8.66. The van der Waals surface area contributed by atoms with E-state index in [2.05, 4.69) is 17.0 Å². The molecule has 1 aromatic carbocycles. The van der Waals surface area contributed by atoms with Crippen LogP contribution in [0.2, 0.25) is 0 Å². The molecule has 8 nitrogen and oxygen atoms in total. The zero-order valence-corrected chi connectivity index (χ0v) is 18.4. The number of benzene rings is 1. The Morgan fingerprint density at radius 2 is 1.94 bits per heavy atom. The molecule has 0 N–H and O–H groups in total. The molecule has 2 aromatic heterocycles. The monoisotopic (exact) mass is 425 g/mol. The lowest BCUT2D eigenvalue weighted by atomic mass is 9.94. The van der Waals surface area contributed by atoms with E-state index in [-0.39, 0.29) is 0 Å². The van der Waals surface area contributed by atoms with Crippen molar-refractivity contribution >= 4 is 10.9 Å². The number of aryl methyl sites for hydroxylation is 1. The predicted octanol–water partition coefficient (Wildman–Crippen LogP) is 3.59. The third kappa shape index (κ3) is 4.19. The first kappa shape index (κ1) is 20.5. The van der Waals surface area contributed by atoms with Gasteiger partial charge in [0.05, 0.1) is 18.3 Å². The Morgan fingerprint density at radius 1 is 1.13 bits per heavy atom. The molecule has 31 heavy (non-hydrogen) atoms. The normalized spacial score (nSPS) is 19.3. The van der Waals surface area contributed by atoms with E-state index in [1.807, 2.05) is 18.2 Å². The number of piperidine rings is 1. The quantitative estimate of drug-likeness (QED) is 0.597. The summed E-state index contributed by atoms with van der Waals surface area (Å²) >= 11 is 0. The van der Waals surface area contributed by atoms with Gasteiger partial charge in [0, 0.05) is 37.1 Å². The third-order valence-electron chi connectivity index (χ3n) is 6.71. The van der Waals surface area contributed by atoms with E-state index in [4.69, 9.17) is 24.1 Å². The summed E-state index contributed by atoms with van der Waals surface area (Å²) in [6.07, 6.45) is 5.33. The summed E-state index contributed by atoms with van der Waals surface area (Å²) in [6, 6.07) is 5.99. The van der Waals surface area contributed by atoms with Gasteiger partial charge in [-0.25, -0.2) is 0 Å². The van der Waals surface area contributed by atoms with Crippen LogP contribution < -0.4 is 4.74 Å². The molecule has 5 rings (SSSR count). The van der Waals surface area contributed by atoms with Crippen molar-refractivity contribution in [2.75, 3.05) is 40.0 Å². The Morgan fingerprint density at radius 3 is 2.68 bits per heavy atom. The van der Waals surface area contributed by atoms with E-state index >= 15 is 0 Å². The van der Waals surface area contributed by atoms with Crippen molar-refractivity contribution in [3.63, 3.8) is 0 Å². The minimum Gasteiger partial charge on any atom is -0.497 e. The van der Waals surface area contributed by atoms with Crippen LogP contribution in [0.1, 0.15) is 50.1 Å². The van der Waals surface area contributed by atoms with Gasteiger partial charge in [0.2, 0.25) is 5.89 Å². The Balaban J connectivity index is 1.29. The summed E-state index contributed by atoms with van der Waals surface area (Å²) in [4.78, 5) is 7.33. The molecule has 2 fully saturated rings. The molecule has 4 heterocycles. The van der Waals surface area contributed by atoms with Gasteiger partial charge in [0.25, 0.3) is 5.95 Å². The standard InChI is InChI=1S/C23H31N5O3/c1-3-20-19-5-4-18(29-2)14-21(19)28(25-20)23-24-22(31-26-23)17-6-10-27(11-7-17)15-16-8-12-30-13-9-16/h4-5,14,16-17H,3,6-13,15H2,1-2H3. The number of hydrogen-bond acceptors (Lipinski definition) is 7. The van der Waals surface area contributed by atoms with E-state index in [0.717, 1.165) is 79.7 Å². The molecule has 0 amide bonds.